The lowest BCUT2D eigenvalue weighted by Gasteiger charge is -2.33. The van der Waals surface area contributed by atoms with Crippen molar-refractivity contribution >= 4 is 6.09 Å². The predicted octanol–water partition coefficient (Wildman–Crippen LogP) is 5.01. The average Bonchev–Trinajstić information content (AvgIpc) is 3.27. The van der Waals surface area contributed by atoms with Crippen molar-refractivity contribution in [1.29, 1.82) is 0 Å². The lowest BCUT2D eigenvalue weighted by Crippen LogP contribution is -2.42. The van der Waals surface area contributed by atoms with Gasteiger partial charge in [-0.05, 0) is 52.5 Å². The first kappa shape index (κ1) is 20.0. The molecule has 156 valence electrons. The second-order valence-electron chi connectivity index (χ2n) is 9.36. The number of hydrogen-bond acceptors (Lipinski definition) is 4. The maximum atomic E-state index is 13.0. The topological polar surface area (TPSA) is 67.4 Å². The lowest BCUT2D eigenvalue weighted by atomic mass is 9.91. The molecule has 0 unspecified atom stereocenters. The highest BCUT2D eigenvalue weighted by atomic mass is 16.6. The number of aromatic nitrogens is 2. The summed E-state index contributed by atoms with van der Waals surface area (Å²) in [7, 11) is 0. The molecular formula is C23H31N3O3. The third kappa shape index (κ3) is 4.32. The molecule has 1 aromatic heterocycles. The van der Waals surface area contributed by atoms with E-state index in [1.807, 2.05) is 27.0 Å². The largest absolute Gasteiger partial charge is 0.444 e. The van der Waals surface area contributed by atoms with Crippen LogP contribution in [0.1, 0.15) is 63.9 Å². The molecule has 0 radical (unpaired) electrons. The first-order valence-corrected chi connectivity index (χ1v) is 10.5. The number of aromatic amines is 1. The van der Waals surface area contributed by atoms with Crippen molar-refractivity contribution in [3.8, 4) is 11.3 Å². The van der Waals surface area contributed by atoms with Crippen LogP contribution in [0.4, 0.5) is 4.79 Å². The van der Waals surface area contributed by atoms with Crippen LogP contribution >= 0.6 is 0 Å². The molecule has 2 saturated heterocycles. The molecule has 6 heteroatoms. The molecule has 4 rings (SSSR count). The number of carbonyl (C=O) groups is 1. The summed E-state index contributed by atoms with van der Waals surface area (Å²) in [4.78, 5) is 22.9. The lowest BCUT2D eigenvalue weighted by molar-refractivity contribution is -0.0706. The van der Waals surface area contributed by atoms with E-state index in [1.165, 1.54) is 5.56 Å². The molecule has 29 heavy (non-hydrogen) atoms. The highest BCUT2D eigenvalue weighted by molar-refractivity contribution is 5.69. The van der Waals surface area contributed by atoms with Crippen molar-refractivity contribution in [3.05, 3.63) is 41.9 Å². The van der Waals surface area contributed by atoms with E-state index in [0.717, 1.165) is 49.4 Å². The Hall–Kier alpha value is -2.34. The van der Waals surface area contributed by atoms with Crippen LogP contribution in [0.15, 0.2) is 30.5 Å². The molecule has 2 atom stereocenters. The highest BCUT2D eigenvalue weighted by Crippen LogP contribution is 2.44. The van der Waals surface area contributed by atoms with Gasteiger partial charge in [-0.1, -0.05) is 29.8 Å². The minimum absolute atomic E-state index is 0.179. The summed E-state index contributed by atoms with van der Waals surface area (Å²) in [5, 5.41) is 0. The van der Waals surface area contributed by atoms with E-state index in [1.54, 1.807) is 4.90 Å². The molecular weight excluding hydrogens is 366 g/mol. The Morgan fingerprint density at radius 3 is 2.69 bits per heavy atom. The van der Waals surface area contributed by atoms with Crippen LogP contribution in [0.2, 0.25) is 0 Å². The fourth-order valence-electron chi connectivity index (χ4n) is 4.29. The van der Waals surface area contributed by atoms with Crippen molar-refractivity contribution < 1.29 is 14.3 Å². The molecule has 6 nitrogen and oxygen atoms in total. The number of aryl methyl sites for hydroxylation is 1. The Morgan fingerprint density at radius 2 is 2.03 bits per heavy atom. The van der Waals surface area contributed by atoms with Crippen molar-refractivity contribution in [1.82, 2.24) is 14.9 Å². The summed E-state index contributed by atoms with van der Waals surface area (Å²) in [6.45, 7) is 9.06. The van der Waals surface area contributed by atoms with E-state index in [0.29, 0.717) is 6.54 Å². The van der Waals surface area contributed by atoms with Gasteiger partial charge in [0, 0.05) is 13.0 Å². The molecule has 2 aliphatic rings. The number of amides is 1. The first-order chi connectivity index (χ1) is 13.7. The number of hydrogen-bond donors (Lipinski definition) is 1. The van der Waals surface area contributed by atoms with Crippen LogP contribution < -0.4 is 0 Å². The van der Waals surface area contributed by atoms with Gasteiger partial charge in [0.1, 0.15) is 11.4 Å². The van der Waals surface area contributed by atoms with Crippen LogP contribution in [0.5, 0.6) is 0 Å². The first-order valence-electron chi connectivity index (χ1n) is 10.5. The second-order valence-corrected chi connectivity index (χ2v) is 9.36. The number of nitrogens with zero attached hydrogens (tertiary/aromatic N) is 2. The summed E-state index contributed by atoms with van der Waals surface area (Å²) < 4.78 is 11.9. The van der Waals surface area contributed by atoms with E-state index < -0.39 is 5.60 Å². The van der Waals surface area contributed by atoms with Gasteiger partial charge < -0.3 is 14.5 Å². The van der Waals surface area contributed by atoms with Crippen molar-refractivity contribution in [2.24, 2.45) is 0 Å². The van der Waals surface area contributed by atoms with Gasteiger partial charge in [0.25, 0.3) is 0 Å². The summed E-state index contributed by atoms with van der Waals surface area (Å²) in [6.07, 6.45) is 5.46. The van der Waals surface area contributed by atoms with Gasteiger partial charge in [0.2, 0.25) is 0 Å². The molecule has 3 heterocycles. The molecule has 0 bridgehead atoms. The number of benzene rings is 1. The molecule has 2 aromatic rings. The van der Waals surface area contributed by atoms with Crippen molar-refractivity contribution in [2.45, 2.75) is 70.6 Å². The predicted molar refractivity (Wildman–Crippen MR) is 112 cm³/mol. The molecule has 2 aliphatic heterocycles. The van der Waals surface area contributed by atoms with Gasteiger partial charge in [-0.15, -0.1) is 0 Å². The molecule has 0 saturated carbocycles. The highest BCUT2D eigenvalue weighted by Gasteiger charge is 2.50. The molecule has 1 N–H and O–H groups in total. The zero-order valence-corrected chi connectivity index (χ0v) is 17.8. The monoisotopic (exact) mass is 397 g/mol. The maximum absolute atomic E-state index is 13.0. The average molecular weight is 398 g/mol. The van der Waals surface area contributed by atoms with E-state index in [9.17, 15) is 4.79 Å². The van der Waals surface area contributed by atoms with Crippen LogP contribution in [-0.4, -0.2) is 45.3 Å². The maximum Gasteiger partial charge on any atom is 0.411 e. The number of imidazole rings is 1. The Morgan fingerprint density at radius 1 is 1.28 bits per heavy atom. The fraction of sp³-hybridized carbons (Fsp3) is 0.565. The minimum Gasteiger partial charge on any atom is -0.444 e. The van der Waals surface area contributed by atoms with Crippen LogP contribution in [0.3, 0.4) is 0 Å². The number of likely N-dealkylation sites (tertiary alicyclic amines) is 1. The molecule has 2 fully saturated rings. The smallest absolute Gasteiger partial charge is 0.411 e. The summed E-state index contributed by atoms with van der Waals surface area (Å²) >= 11 is 0. The Kier molecular flexibility index (Phi) is 5.15. The molecule has 1 aromatic carbocycles. The number of rotatable bonds is 2. The van der Waals surface area contributed by atoms with Gasteiger partial charge in [-0.25, -0.2) is 9.78 Å². The summed E-state index contributed by atoms with van der Waals surface area (Å²) in [5.74, 6) is 0.789. The van der Waals surface area contributed by atoms with Gasteiger partial charge in [-0.3, -0.25) is 4.90 Å². The number of nitrogens with one attached hydrogen (secondary N) is 1. The quantitative estimate of drug-likeness (QED) is 0.774. The van der Waals surface area contributed by atoms with E-state index >= 15 is 0 Å². The van der Waals surface area contributed by atoms with E-state index in [2.05, 4.69) is 41.2 Å². The second kappa shape index (κ2) is 7.48. The molecule has 0 aliphatic carbocycles. The Bertz CT molecular complexity index is 860. The molecule has 1 spiro atoms. The van der Waals surface area contributed by atoms with E-state index in [-0.39, 0.29) is 17.7 Å². The van der Waals surface area contributed by atoms with Gasteiger partial charge in [-0.2, -0.15) is 0 Å². The number of H-pyrrole nitrogens is 1. The third-order valence-electron chi connectivity index (χ3n) is 5.74. The molecule has 1 amide bonds. The zero-order chi connectivity index (χ0) is 20.6. The van der Waals surface area contributed by atoms with Gasteiger partial charge >= 0.3 is 6.09 Å². The SMILES string of the molecule is Cc1ccc(-c2cnc([C@@H]3C[C@]4(CCCCO4)CN3C(=O)OC(C)(C)C)[nH]2)cc1. The van der Waals surface area contributed by atoms with Crippen molar-refractivity contribution in [3.63, 3.8) is 0 Å². The fourth-order valence-corrected chi connectivity index (χ4v) is 4.29. The summed E-state index contributed by atoms with van der Waals surface area (Å²) in [6, 6.07) is 8.16. The van der Waals surface area contributed by atoms with Gasteiger partial charge in [0.15, 0.2) is 0 Å². The van der Waals surface area contributed by atoms with Gasteiger partial charge in [0.05, 0.1) is 30.1 Å². The van der Waals surface area contributed by atoms with E-state index in [4.69, 9.17) is 9.47 Å². The zero-order valence-electron chi connectivity index (χ0n) is 17.8. The number of carbonyl (C=O) groups excluding carboxylic acids is 1. The Balaban J connectivity index is 1.62. The summed E-state index contributed by atoms with van der Waals surface area (Å²) in [5.41, 5.74) is 2.42. The van der Waals surface area contributed by atoms with Crippen molar-refractivity contribution in [2.75, 3.05) is 13.2 Å². The van der Waals surface area contributed by atoms with Crippen LogP contribution in [-0.2, 0) is 9.47 Å². The normalized spacial score (nSPS) is 24.8. The Labute approximate surface area is 172 Å². The standard InChI is InChI=1S/C23H31N3O3/c1-16-7-9-17(10-8-16)18-14-24-20(25-18)19-13-23(11-5-6-12-28-23)15-26(19)21(27)29-22(2,3)4/h7-10,14,19H,5-6,11-13,15H2,1-4H3,(H,24,25)/t19-,23+/m0/s1. The number of ether oxygens (including phenoxy) is 2. The third-order valence-corrected chi connectivity index (χ3v) is 5.74. The van der Waals surface area contributed by atoms with Crippen LogP contribution in [0, 0.1) is 6.92 Å². The van der Waals surface area contributed by atoms with Crippen LogP contribution in [0.25, 0.3) is 11.3 Å². The minimum atomic E-state index is -0.541.